The third-order valence-electron chi connectivity index (χ3n) is 7.00. The lowest BCUT2D eigenvalue weighted by atomic mass is 9.91. The van der Waals surface area contributed by atoms with E-state index in [2.05, 4.69) is 44.0 Å². The van der Waals surface area contributed by atoms with E-state index < -0.39 is 17.8 Å². The van der Waals surface area contributed by atoms with Crippen LogP contribution in [0.15, 0.2) is 66.7 Å². The second-order valence-corrected chi connectivity index (χ2v) is 11.2. The SMILES string of the molecule is CCC(CC)CN(CC(C)C)c1cccc(C(Cc2ccc(NC(=O)c3c(Cl)cccc3Cl)cc2)C(=O)O)c1. The quantitative estimate of drug-likeness (QED) is 0.216. The number of anilines is 2. The molecule has 0 aliphatic carbocycles. The smallest absolute Gasteiger partial charge is 0.311 e. The lowest BCUT2D eigenvalue weighted by Gasteiger charge is -2.31. The van der Waals surface area contributed by atoms with E-state index in [1.807, 2.05) is 30.3 Å². The van der Waals surface area contributed by atoms with Gasteiger partial charge in [-0.15, -0.1) is 0 Å². The molecule has 0 aliphatic heterocycles. The average molecular weight is 570 g/mol. The summed E-state index contributed by atoms with van der Waals surface area (Å²) >= 11 is 12.3. The van der Waals surface area contributed by atoms with E-state index in [0.717, 1.165) is 42.7 Å². The van der Waals surface area contributed by atoms with E-state index in [9.17, 15) is 14.7 Å². The standard InChI is InChI=1S/C32H38Cl2N2O3/c1-5-22(6-2)20-36(19-21(3)4)26-10-7-9-24(18-26)27(32(38)39)17-23-13-15-25(16-14-23)35-31(37)30-28(33)11-8-12-29(30)34/h7-16,18,21-22,27H,5-6,17,19-20H2,1-4H3,(H,35,37)(H,38,39). The van der Waals surface area contributed by atoms with Crippen LogP contribution in [0.3, 0.4) is 0 Å². The largest absolute Gasteiger partial charge is 0.481 e. The van der Waals surface area contributed by atoms with Gasteiger partial charge in [-0.05, 0) is 65.8 Å². The lowest BCUT2D eigenvalue weighted by molar-refractivity contribution is -0.138. The third kappa shape index (κ3) is 8.48. The number of carbonyl (C=O) groups excluding carboxylic acids is 1. The molecule has 7 heteroatoms. The number of carboxylic acid groups (broad SMARTS) is 1. The minimum Gasteiger partial charge on any atom is -0.481 e. The second-order valence-electron chi connectivity index (χ2n) is 10.4. The van der Waals surface area contributed by atoms with E-state index in [1.54, 1.807) is 30.3 Å². The molecule has 39 heavy (non-hydrogen) atoms. The maximum absolute atomic E-state index is 12.7. The van der Waals surface area contributed by atoms with Gasteiger partial charge in [0.15, 0.2) is 0 Å². The fraction of sp³-hybridized carbons (Fsp3) is 0.375. The van der Waals surface area contributed by atoms with Crippen molar-refractivity contribution in [3.8, 4) is 0 Å². The van der Waals surface area contributed by atoms with Crippen molar-refractivity contribution in [2.75, 3.05) is 23.3 Å². The van der Waals surface area contributed by atoms with Gasteiger partial charge in [-0.1, -0.05) is 94.1 Å². The zero-order valence-electron chi connectivity index (χ0n) is 23.1. The van der Waals surface area contributed by atoms with E-state index in [0.29, 0.717) is 23.9 Å². The second kappa shape index (κ2) is 14.4. The van der Waals surface area contributed by atoms with Crippen molar-refractivity contribution >= 4 is 46.5 Å². The van der Waals surface area contributed by atoms with Crippen LogP contribution in [0.5, 0.6) is 0 Å². The number of nitrogens with zero attached hydrogens (tertiary/aromatic N) is 1. The summed E-state index contributed by atoms with van der Waals surface area (Å²) in [6, 6.07) is 20.1. The summed E-state index contributed by atoms with van der Waals surface area (Å²) in [4.78, 5) is 27.5. The maximum Gasteiger partial charge on any atom is 0.311 e. The molecule has 0 heterocycles. The number of rotatable bonds is 13. The van der Waals surface area contributed by atoms with Gasteiger partial charge in [0, 0.05) is 24.5 Å². The summed E-state index contributed by atoms with van der Waals surface area (Å²) in [6.45, 7) is 10.7. The zero-order chi connectivity index (χ0) is 28.5. The predicted octanol–water partition coefficient (Wildman–Crippen LogP) is 8.56. The van der Waals surface area contributed by atoms with Crippen LogP contribution in [-0.2, 0) is 11.2 Å². The van der Waals surface area contributed by atoms with Crippen molar-refractivity contribution in [3.63, 3.8) is 0 Å². The van der Waals surface area contributed by atoms with Crippen LogP contribution in [0.25, 0.3) is 0 Å². The molecular weight excluding hydrogens is 531 g/mol. The van der Waals surface area contributed by atoms with E-state index in [1.165, 1.54) is 0 Å². The van der Waals surface area contributed by atoms with E-state index in [-0.39, 0.29) is 15.6 Å². The van der Waals surface area contributed by atoms with Crippen LogP contribution in [0.2, 0.25) is 10.0 Å². The van der Waals surface area contributed by atoms with Crippen LogP contribution >= 0.6 is 23.2 Å². The van der Waals surface area contributed by atoms with Gasteiger partial charge >= 0.3 is 5.97 Å². The molecule has 1 unspecified atom stereocenters. The van der Waals surface area contributed by atoms with Gasteiger partial charge in [0.1, 0.15) is 0 Å². The molecule has 3 rings (SSSR count). The molecule has 3 aromatic rings. The molecule has 0 aromatic heterocycles. The molecule has 0 bridgehead atoms. The summed E-state index contributed by atoms with van der Waals surface area (Å²) in [5.74, 6) is -0.880. The highest BCUT2D eigenvalue weighted by Crippen LogP contribution is 2.29. The molecule has 208 valence electrons. The zero-order valence-corrected chi connectivity index (χ0v) is 24.6. The number of hydrogen-bond donors (Lipinski definition) is 2. The number of halogens is 2. The van der Waals surface area contributed by atoms with Gasteiger partial charge in [0.05, 0.1) is 21.5 Å². The first-order valence-electron chi connectivity index (χ1n) is 13.5. The van der Waals surface area contributed by atoms with Gasteiger partial charge < -0.3 is 15.3 Å². The molecule has 2 N–H and O–H groups in total. The number of amides is 1. The number of nitrogens with one attached hydrogen (secondary N) is 1. The first-order chi connectivity index (χ1) is 18.6. The Kier molecular flexibility index (Phi) is 11.3. The Morgan fingerprint density at radius 1 is 0.897 bits per heavy atom. The maximum atomic E-state index is 12.7. The van der Waals surface area contributed by atoms with Crippen molar-refractivity contribution in [1.82, 2.24) is 0 Å². The monoisotopic (exact) mass is 568 g/mol. The Morgan fingerprint density at radius 3 is 2.08 bits per heavy atom. The minimum absolute atomic E-state index is 0.214. The molecule has 0 aliphatic rings. The van der Waals surface area contributed by atoms with E-state index in [4.69, 9.17) is 23.2 Å². The summed E-state index contributed by atoms with van der Waals surface area (Å²) in [7, 11) is 0. The molecule has 0 radical (unpaired) electrons. The summed E-state index contributed by atoms with van der Waals surface area (Å²) < 4.78 is 0. The molecule has 0 fully saturated rings. The fourth-order valence-electron chi connectivity index (χ4n) is 4.74. The minimum atomic E-state index is -0.867. The Balaban J connectivity index is 1.78. The predicted molar refractivity (Wildman–Crippen MR) is 163 cm³/mol. The van der Waals surface area contributed by atoms with Crippen LogP contribution in [0, 0.1) is 11.8 Å². The van der Waals surface area contributed by atoms with Crippen molar-refractivity contribution in [1.29, 1.82) is 0 Å². The van der Waals surface area contributed by atoms with Crippen LogP contribution in [0.1, 0.15) is 67.9 Å². The molecule has 5 nitrogen and oxygen atoms in total. The van der Waals surface area contributed by atoms with Gasteiger partial charge in [-0.2, -0.15) is 0 Å². The van der Waals surface area contributed by atoms with Crippen molar-refractivity contribution in [2.45, 2.75) is 52.9 Å². The topological polar surface area (TPSA) is 69.6 Å². The summed E-state index contributed by atoms with van der Waals surface area (Å²) in [5, 5.41) is 13.5. The molecule has 3 aromatic carbocycles. The van der Waals surface area contributed by atoms with Gasteiger partial charge in [-0.3, -0.25) is 9.59 Å². The lowest BCUT2D eigenvalue weighted by Crippen LogP contribution is -2.32. The fourth-order valence-corrected chi connectivity index (χ4v) is 5.31. The molecule has 0 saturated carbocycles. The van der Waals surface area contributed by atoms with Gasteiger partial charge in [-0.25, -0.2) is 0 Å². The van der Waals surface area contributed by atoms with Crippen LogP contribution < -0.4 is 10.2 Å². The number of carbonyl (C=O) groups is 2. The Morgan fingerprint density at radius 2 is 1.51 bits per heavy atom. The number of hydrogen-bond acceptors (Lipinski definition) is 3. The Hall–Kier alpha value is -3.02. The Labute approximate surface area is 242 Å². The molecule has 0 spiro atoms. The molecule has 0 saturated heterocycles. The van der Waals surface area contributed by atoms with Crippen LogP contribution in [0.4, 0.5) is 11.4 Å². The summed E-state index contributed by atoms with van der Waals surface area (Å²) in [6.07, 6.45) is 2.56. The molecular formula is C32H38Cl2N2O3. The highest BCUT2D eigenvalue weighted by atomic mass is 35.5. The van der Waals surface area contributed by atoms with Crippen molar-refractivity contribution < 1.29 is 14.7 Å². The normalized spacial score (nSPS) is 12.0. The first kappa shape index (κ1) is 30.5. The number of carboxylic acids is 1. The number of benzene rings is 3. The first-order valence-corrected chi connectivity index (χ1v) is 14.3. The van der Waals surface area contributed by atoms with Gasteiger partial charge in [0.2, 0.25) is 0 Å². The Bertz CT molecular complexity index is 1240. The van der Waals surface area contributed by atoms with Crippen molar-refractivity contribution in [2.24, 2.45) is 11.8 Å². The third-order valence-corrected chi connectivity index (χ3v) is 7.63. The number of aliphatic carboxylic acids is 1. The van der Waals surface area contributed by atoms with Gasteiger partial charge in [0.25, 0.3) is 5.91 Å². The van der Waals surface area contributed by atoms with Crippen molar-refractivity contribution in [3.05, 3.63) is 93.5 Å². The van der Waals surface area contributed by atoms with Crippen LogP contribution in [-0.4, -0.2) is 30.1 Å². The summed E-state index contributed by atoms with van der Waals surface area (Å²) in [5.41, 5.74) is 3.49. The molecule has 1 atom stereocenters. The highest BCUT2D eigenvalue weighted by molar-refractivity contribution is 6.40. The van der Waals surface area contributed by atoms with E-state index >= 15 is 0 Å². The molecule has 1 amide bonds. The highest BCUT2D eigenvalue weighted by Gasteiger charge is 2.23. The average Bonchev–Trinajstić information content (AvgIpc) is 2.90.